The second-order valence-electron chi connectivity index (χ2n) is 12.1. The van der Waals surface area contributed by atoms with Crippen molar-refractivity contribution in [1.82, 2.24) is 15.5 Å². The second-order valence-corrected chi connectivity index (χ2v) is 12.1. The van der Waals surface area contributed by atoms with Crippen molar-refractivity contribution in [2.45, 2.75) is 88.9 Å². The van der Waals surface area contributed by atoms with Crippen LogP contribution in [0.25, 0.3) is 16.5 Å². The number of H-pyrrole nitrogens is 1. The molecule has 3 saturated carbocycles. The Labute approximate surface area is 209 Å². The van der Waals surface area contributed by atoms with Crippen molar-refractivity contribution in [3.8, 4) is 0 Å². The van der Waals surface area contributed by atoms with Crippen LogP contribution in [0.15, 0.2) is 24.3 Å². The van der Waals surface area contributed by atoms with Crippen LogP contribution in [0.1, 0.15) is 76.0 Å². The van der Waals surface area contributed by atoms with Crippen molar-refractivity contribution in [2.24, 2.45) is 23.2 Å². The smallest absolute Gasteiger partial charge is 0.0972 e. The molecule has 0 saturated heterocycles. The van der Waals surface area contributed by atoms with Gasteiger partial charge >= 0.3 is 0 Å². The summed E-state index contributed by atoms with van der Waals surface area (Å²) in [4.78, 5) is 0. The summed E-state index contributed by atoms with van der Waals surface area (Å²) in [5.74, 6) is 0.856. The predicted octanol–water partition coefficient (Wildman–Crippen LogP) is 4.33. The van der Waals surface area contributed by atoms with Gasteiger partial charge in [0.1, 0.15) is 0 Å². The summed E-state index contributed by atoms with van der Waals surface area (Å²) in [6.45, 7) is 4.34. The highest BCUT2D eigenvalue weighted by atomic mass is 16.4. The molecule has 0 aliphatic heterocycles. The minimum Gasteiger partial charge on any atom is -0.393 e. The molecule has 6 heteroatoms. The lowest BCUT2D eigenvalue weighted by atomic mass is 9.52. The molecule has 4 aliphatic rings. The fraction of sp³-hybridized carbons (Fsp3) is 0.690. The lowest BCUT2D eigenvalue weighted by Gasteiger charge is -2.57. The van der Waals surface area contributed by atoms with Gasteiger partial charge in [-0.2, -0.15) is 5.10 Å². The van der Waals surface area contributed by atoms with E-state index < -0.39 is 11.2 Å². The van der Waals surface area contributed by atoms with E-state index in [1.807, 2.05) is 21.0 Å². The number of aromatic nitrogens is 2. The first-order valence-electron chi connectivity index (χ1n) is 13.5. The van der Waals surface area contributed by atoms with Gasteiger partial charge in [0.05, 0.1) is 22.8 Å². The molecule has 1 aromatic carbocycles. The Kier molecular flexibility index (Phi) is 6.40. The maximum absolute atomic E-state index is 12.3. The van der Waals surface area contributed by atoms with Crippen LogP contribution in [0.2, 0.25) is 0 Å². The van der Waals surface area contributed by atoms with E-state index >= 15 is 0 Å². The number of aromatic amines is 1. The van der Waals surface area contributed by atoms with E-state index in [1.54, 1.807) is 0 Å². The van der Waals surface area contributed by atoms with Gasteiger partial charge in [0, 0.05) is 17.0 Å². The number of hydrogen-bond donors (Lipinski definition) is 5. The van der Waals surface area contributed by atoms with Crippen LogP contribution in [-0.2, 0) is 0 Å². The monoisotopic (exact) mass is 481 g/mol. The molecule has 4 aliphatic carbocycles. The van der Waals surface area contributed by atoms with Gasteiger partial charge in [0.25, 0.3) is 0 Å². The van der Waals surface area contributed by atoms with Crippen LogP contribution < -0.4 is 5.32 Å². The van der Waals surface area contributed by atoms with E-state index in [4.69, 9.17) is 0 Å². The molecule has 0 radical (unpaired) electrons. The summed E-state index contributed by atoms with van der Waals surface area (Å²) in [7, 11) is 3.75. The van der Waals surface area contributed by atoms with Crippen molar-refractivity contribution in [2.75, 3.05) is 14.1 Å². The fourth-order valence-corrected chi connectivity index (χ4v) is 8.17. The molecule has 5 N–H and O–H groups in total. The van der Waals surface area contributed by atoms with Gasteiger partial charge in [-0.1, -0.05) is 25.1 Å². The first-order chi connectivity index (χ1) is 16.6. The van der Waals surface area contributed by atoms with Crippen molar-refractivity contribution in [3.63, 3.8) is 0 Å². The molecule has 2 aromatic rings. The summed E-state index contributed by atoms with van der Waals surface area (Å²) in [6.07, 6.45) is 9.28. The normalized spacial score (nSPS) is 40.6. The summed E-state index contributed by atoms with van der Waals surface area (Å²) >= 11 is 0. The van der Waals surface area contributed by atoms with Crippen LogP contribution in [0.4, 0.5) is 0 Å². The summed E-state index contributed by atoms with van der Waals surface area (Å²) in [5.41, 5.74) is 2.27. The summed E-state index contributed by atoms with van der Waals surface area (Å²) < 4.78 is 0. The maximum atomic E-state index is 12.3. The predicted molar refractivity (Wildman–Crippen MR) is 140 cm³/mol. The van der Waals surface area contributed by atoms with E-state index in [0.29, 0.717) is 31.1 Å². The SMILES string of the molecule is CNC.Cc1[nH]nc2cc(C3=CCC4C3(C)CCC3(O)CC5CC(O)CCC5CC[C@]43O)ccc12. The molecule has 35 heavy (non-hydrogen) atoms. The lowest BCUT2D eigenvalue weighted by molar-refractivity contribution is -0.228. The molecule has 1 heterocycles. The number of fused-ring (bicyclic) bond motifs is 5. The van der Waals surface area contributed by atoms with Crippen LogP contribution in [0.3, 0.4) is 0 Å². The standard InChI is InChI=1S/C27H36N2O3.C2H7N/c1-16-21-6-4-18(14-23(21)29-28-16)22-7-8-24-25(22,2)11-12-26(31)15-19-13-20(30)5-3-17(19)9-10-27(24,26)32;1-3-2/h4,6-7,14,17,19-20,24,30-32H,3,5,8-13,15H2,1-2H3,(H,28,29);3H,1-2H3/t17?,19?,20?,24?,25?,26?,27-;/m0./s1. The Morgan fingerprint density at radius 2 is 1.83 bits per heavy atom. The fourth-order valence-electron chi connectivity index (χ4n) is 8.17. The number of allylic oxidation sites excluding steroid dienone is 2. The van der Waals surface area contributed by atoms with Gasteiger partial charge < -0.3 is 20.6 Å². The highest BCUT2D eigenvalue weighted by molar-refractivity contribution is 5.86. The molecular formula is C29H43N3O3. The van der Waals surface area contributed by atoms with Gasteiger partial charge in [0.2, 0.25) is 0 Å². The highest BCUT2D eigenvalue weighted by Gasteiger charge is 2.65. The van der Waals surface area contributed by atoms with Crippen LogP contribution >= 0.6 is 0 Å². The van der Waals surface area contributed by atoms with Crippen molar-refractivity contribution >= 4 is 16.5 Å². The number of aryl methyl sites for hydroxylation is 1. The molecule has 0 spiro atoms. The Morgan fingerprint density at radius 1 is 1.06 bits per heavy atom. The van der Waals surface area contributed by atoms with Gasteiger partial charge in [-0.25, -0.2) is 0 Å². The molecule has 1 aromatic heterocycles. The molecule has 6 rings (SSSR count). The zero-order chi connectivity index (χ0) is 25.0. The topological polar surface area (TPSA) is 101 Å². The number of aliphatic hydroxyl groups excluding tert-OH is 1. The average molecular weight is 482 g/mol. The van der Waals surface area contributed by atoms with Gasteiger partial charge in [-0.15, -0.1) is 0 Å². The van der Waals surface area contributed by atoms with Crippen LogP contribution in [-0.4, -0.2) is 56.9 Å². The molecule has 6 unspecified atom stereocenters. The van der Waals surface area contributed by atoms with Crippen LogP contribution in [0.5, 0.6) is 0 Å². The zero-order valence-electron chi connectivity index (χ0n) is 21.8. The molecule has 7 atom stereocenters. The first kappa shape index (κ1) is 24.9. The first-order valence-corrected chi connectivity index (χ1v) is 13.5. The molecule has 6 nitrogen and oxygen atoms in total. The molecule has 3 fully saturated rings. The number of nitrogens with one attached hydrogen (secondary N) is 2. The number of hydrogen-bond acceptors (Lipinski definition) is 5. The van der Waals surface area contributed by atoms with E-state index in [1.165, 1.54) is 11.1 Å². The molecule has 0 amide bonds. The Balaban J connectivity index is 0.000000806. The molecule has 0 bridgehead atoms. The van der Waals surface area contributed by atoms with Crippen LogP contribution in [0, 0.1) is 30.1 Å². The third kappa shape index (κ3) is 3.88. The average Bonchev–Trinajstić information content (AvgIpc) is 3.34. The molecular weight excluding hydrogens is 438 g/mol. The highest BCUT2D eigenvalue weighted by Crippen LogP contribution is 2.65. The Morgan fingerprint density at radius 3 is 2.60 bits per heavy atom. The van der Waals surface area contributed by atoms with Crippen molar-refractivity contribution in [1.29, 1.82) is 0 Å². The van der Waals surface area contributed by atoms with E-state index in [-0.39, 0.29) is 17.4 Å². The van der Waals surface area contributed by atoms with Gasteiger partial charge in [-0.05, 0) is 113 Å². The van der Waals surface area contributed by atoms with Crippen molar-refractivity contribution in [3.05, 3.63) is 35.5 Å². The molecule has 192 valence electrons. The van der Waals surface area contributed by atoms with E-state index in [0.717, 1.165) is 55.1 Å². The Bertz CT molecular complexity index is 1110. The summed E-state index contributed by atoms with van der Waals surface area (Å²) in [6, 6.07) is 6.51. The maximum Gasteiger partial charge on any atom is 0.0972 e. The second kappa shape index (κ2) is 8.98. The number of aliphatic hydroxyl groups is 3. The minimum atomic E-state index is -1.08. The number of rotatable bonds is 1. The quantitative estimate of drug-likeness (QED) is 0.417. The number of nitrogens with zero attached hydrogens (tertiary/aromatic N) is 1. The lowest BCUT2D eigenvalue weighted by Crippen LogP contribution is -2.64. The van der Waals surface area contributed by atoms with Gasteiger partial charge in [0.15, 0.2) is 0 Å². The number of benzene rings is 1. The Hall–Kier alpha value is -1.73. The van der Waals surface area contributed by atoms with E-state index in [9.17, 15) is 15.3 Å². The van der Waals surface area contributed by atoms with Gasteiger partial charge in [-0.3, -0.25) is 5.10 Å². The van der Waals surface area contributed by atoms with Crippen molar-refractivity contribution < 1.29 is 15.3 Å². The zero-order valence-corrected chi connectivity index (χ0v) is 21.8. The third-order valence-corrected chi connectivity index (χ3v) is 10.0. The minimum absolute atomic E-state index is 0.0189. The third-order valence-electron chi connectivity index (χ3n) is 10.0. The summed E-state index contributed by atoms with van der Waals surface area (Å²) in [5, 5.41) is 45.9. The largest absolute Gasteiger partial charge is 0.393 e. The van der Waals surface area contributed by atoms with E-state index in [2.05, 4.69) is 46.7 Å².